The molecule has 2 heterocycles. The zero-order valence-corrected chi connectivity index (χ0v) is 21.5. The second kappa shape index (κ2) is 11.7. The average molecular weight is 551 g/mol. The number of guanidine groups is 1. The molecule has 1 aromatic heterocycles. The van der Waals surface area contributed by atoms with E-state index in [4.69, 9.17) is 4.42 Å². The molecule has 1 saturated heterocycles. The monoisotopic (exact) mass is 550 g/mol. The Morgan fingerprint density at radius 1 is 1.25 bits per heavy atom. The number of furan rings is 1. The van der Waals surface area contributed by atoms with Crippen LogP contribution < -0.4 is 16.0 Å². The maximum absolute atomic E-state index is 13.3. The van der Waals surface area contributed by atoms with Crippen molar-refractivity contribution in [1.82, 2.24) is 15.5 Å². The fraction of sp³-hybridized carbons (Fsp3) is 0.308. The fourth-order valence-corrected chi connectivity index (χ4v) is 4.55. The van der Waals surface area contributed by atoms with Crippen LogP contribution in [-0.2, 0) is 16.1 Å². The molecule has 3 aromatic rings. The summed E-state index contributed by atoms with van der Waals surface area (Å²) in [6.07, 6.45) is 3.97. The van der Waals surface area contributed by atoms with E-state index in [0.29, 0.717) is 25.2 Å². The van der Waals surface area contributed by atoms with Gasteiger partial charge in [0.1, 0.15) is 17.4 Å². The number of benzene rings is 2. The molecule has 0 saturated carbocycles. The Bertz CT molecular complexity index is 1330. The molecule has 1 aliphatic heterocycles. The van der Waals surface area contributed by atoms with Gasteiger partial charge in [0.2, 0.25) is 17.8 Å². The predicted molar refractivity (Wildman–Crippen MR) is 141 cm³/mol. The highest BCUT2D eigenvalue weighted by atomic mass is 79.9. The van der Waals surface area contributed by atoms with E-state index in [-0.39, 0.29) is 24.3 Å². The van der Waals surface area contributed by atoms with E-state index in [1.165, 1.54) is 0 Å². The number of fused-ring (bicyclic) bond motifs is 1. The molecule has 186 valence electrons. The van der Waals surface area contributed by atoms with Crippen LogP contribution in [0.5, 0.6) is 0 Å². The molecular weight excluding hydrogens is 524 g/mol. The summed E-state index contributed by atoms with van der Waals surface area (Å²) >= 11 is 3.47. The number of halogens is 1. The summed E-state index contributed by atoms with van der Waals surface area (Å²) < 4.78 is 6.52. The Labute approximate surface area is 217 Å². The Morgan fingerprint density at radius 3 is 2.89 bits per heavy atom. The molecule has 1 unspecified atom stereocenters. The van der Waals surface area contributed by atoms with Gasteiger partial charge < -0.3 is 20.0 Å². The number of carbonyl (C=O) groups excluding carboxylic acids is 2. The van der Waals surface area contributed by atoms with Crippen LogP contribution in [0.25, 0.3) is 11.0 Å². The summed E-state index contributed by atoms with van der Waals surface area (Å²) in [5, 5.41) is 18.7. The lowest BCUT2D eigenvalue weighted by molar-refractivity contribution is -0.136. The minimum Gasteiger partial charge on any atom is -0.461 e. The van der Waals surface area contributed by atoms with Crippen molar-refractivity contribution in [1.29, 1.82) is 5.26 Å². The van der Waals surface area contributed by atoms with Gasteiger partial charge in [0.05, 0.1) is 6.54 Å². The van der Waals surface area contributed by atoms with Crippen LogP contribution in [-0.4, -0.2) is 41.8 Å². The molecular formula is C26H27BrN6O3. The molecule has 3 N–H and O–H groups in total. The van der Waals surface area contributed by atoms with Crippen molar-refractivity contribution in [2.45, 2.75) is 38.8 Å². The number of aliphatic imine (C=N–C) groups is 1. The van der Waals surface area contributed by atoms with E-state index >= 15 is 0 Å². The van der Waals surface area contributed by atoms with Gasteiger partial charge in [-0.1, -0.05) is 34.1 Å². The van der Waals surface area contributed by atoms with Crippen molar-refractivity contribution in [2.24, 2.45) is 4.99 Å². The number of likely N-dealkylation sites (tertiary alicyclic amines) is 1. The lowest BCUT2D eigenvalue weighted by Crippen LogP contribution is -2.44. The van der Waals surface area contributed by atoms with Crippen molar-refractivity contribution in [3.63, 3.8) is 0 Å². The molecule has 0 bridgehead atoms. The minimum absolute atomic E-state index is 0.0414. The molecule has 4 rings (SSSR count). The second-order valence-corrected chi connectivity index (χ2v) is 9.44. The van der Waals surface area contributed by atoms with E-state index < -0.39 is 6.04 Å². The van der Waals surface area contributed by atoms with Gasteiger partial charge >= 0.3 is 0 Å². The second-order valence-electron chi connectivity index (χ2n) is 8.59. The fourth-order valence-electron chi connectivity index (χ4n) is 4.12. The van der Waals surface area contributed by atoms with Gasteiger partial charge in [-0.15, -0.1) is 0 Å². The summed E-state index contributed by atoms with van der Waals surface area (Å²) in [6.45, 7) is 2.69. The summed E-state index contributed by atoms with van der Waals surface area (Å²) in [4.78, 5) is 31.9. The topological polar surface area (TPSA) is 123 Å². The zero-order chi connectivity index (χ0) is 25.5. The number of hydrogen-bond donors (Lipinski definition) is 3. The number of aryl methyl sites for hydroxylation is 1. The summed E-state index contributed by atoms with van der Waals surface area (Å²) in [5.74, 6) is 0.510. The van der Waals surface area contributed by atoms with Crippen LogP contribution in [0.3, 0.4) is 0 Å². The van der Waals surface area contributed by atoms with Crippen molar-refractivity contribution in [3.8, 4) is 6.19 Å². The van der Waals surface area contributed by atoms with E-state index in [1.54, 1.807) is 4.90 Å². The Balaban J connectivity index is 1.43. The highest BCUT2D eigenvalue weighted by molar-refractivity contribution is 9.10. The largest absolute Gasteiger partial charge is 0.461 e. The SMILES string of the molecule is Cc1cc2cc(NC(=NC3CCCCN(CC(=O)NCc4ccccc4Br)C3=O)NC#N)ccc2o1. The number of amides is 2. The molecule has 2 aromatic carbocycles. The van der Waals surface area contributed by atoms with E-state index in [9.17, 15) is 14.9 Å². The Morgan fingerprint density at radius 2 is 2.08 bits per heavy atom. The third-order valence-corrected chi connectivity index (χ3v) is 6.66. The zero-order valence-electron chi connectivity index (χ0n) is 19.9. The molecule has 1 atom stereocenters. The summed E-state index contributed by atoms with van der Waals surface area (Å²) in [5.41, 5.74) is 2.42. The first-order valence-corrected chi connectivity index (χ1v) is 12.5. The number of carbonyl (C=O) groups is 2. The number of rotatable bonds is 6. The number of nitrogens with zero attached hydrogens (tertiary/aromatic N) is 3. The first-order chi connectivity index (χ1) is 17.4. The highest BCUT2D eigenvalue weighted by Gasteiger charge is 2.28. The normalized spacial score (nSPS) is 16.4. The number of anilines is 1. The van der Waals surface area contributed by atoms with E-state index in [0.717, 1.165) is 39.6 Å². The van der Waals surface area contributed by atoms with Gasteiger partial charge in [-0.3, -0.25) is 14.9 Å². The molecule has 1 aliphatic rings. The van der Waals surface area contributed by atoms with Crippen LogP contribution in [0.2, 0.25) is 0 Å². The predicted octanol–water partition coefficient (Wildman–Crippen LogP) is 4.04. The lowest BCUT2D eigenvalue weighted by atomic mass is 10.1. The third kappa shape index (κ3) is 6.43. The number of nitriles is 1. The summed E-state index contributed by atoms with van der Waals surface area (Å²) in [7, 11) is 0. The van der Waals surface area contributed by atoms with Crippen LogP contribution in [0.1, 0.15) is 30.6 Å². The van der Waals surface area contributed by atoms with Crippen molar-refractivity contribution >= 4 is 50.4 Å². The maximum Gasteiger partial charge on any atom is 0.247 e. The van der Waals surface area contributed by atoms with Crippen LogP contribution in [0.4, 0.5) is 5.69 Å². The first kappa shape index (κ1) is 25.3. The molecule has 1 fully saturated rings. The molecule has 2 amide bonds. The summed E-state index contributed by atoms with van der Waals surface area (Å²) in [6, 6.07) is 14.4. The van der Waals surface area contributed by atoms with Gasteiger partial charge in [0, 0.05) is 28.6 Å². The van der Waals surface area contributed by atoms with Crippen LogP contribution >= 0.6 is 15.9 Å². The van der Waals surface area contributed by atoms with Gasteiger partial charge in [-0.05, 0) is 62.1 Å². The number of nitrogens with one attached hydrogen (secondary N) is 3. The standard InChI is InChI=1S/C26H27BrN6O3/c1-17-12-19-13-20(9-10-23(19)36-17)31-26(30-16-28)32-22-8-4-5-11-33(25(22)35)15-24(34)29-14-18-6-2-3-7-21(18)27/h2-3,6-7,9-10,12-13,22H,4-5,8,11,14-15H2,1H3,(H,29,34)(H2,30,31,32). The van der Waals surface area contributed by atoms with Crippen molar-refractivity contribution < 1.29 is 14.0 Å². The van der Waals surface area contributed by atoms with Gasteiger partial charge in [0.25, 0.3) is 0 Å². The third-order valence-electron chi connectivity index (χ3n) is 5.88. The molecule has 0 radical (unpaired) electrons. The Hall–Kier alpha value is -3.84. The lowest BCUT2D eigenvalue weighted by Gasteiger charge is -2.22. The smallest absolute Gasteiger partial charge is 0.247 e. The van der Waals surface area contributed by atoms with Crippen molar-refractivity contribution in [2.75, 3.05) is 18.4 Å². The quantitative estimate of drug-likeness (QED) is 0.184. The number of hydrogen-bond acceptors (Lipinski definition) is 5. The van der Waals surface area contributed by atoms with E-state index in [2.05, 4.69) is 36.9 Å². The molecule has 0 aliphatic carbocycles. The molecule has 10 heteroatoms. The molecule has 9 nitrogen and oxygen atoms in total. The molecule has 36 heavy (non-hydrogen) atoms. The molecule has 0 spiro atoms. The Kier molecular flexibility index (Phi) is 8.23. The average Bonchev–Trinajstić information content (AvgIpc) is 3.14. The van der Waals surface area contributed by atoms with Crippen LogP contribution in [0, 0.1) is 18.4 Å². The maximum atomic E-state index is 13.3. The highest BCUT2D eigenvalue weighted by Crippen LogP contribution is 2.23. The minimum atomic E-state index is -0.702. The first-order valence-electron chi connectivity index (χ1n) is 11.7. The van der Waals surface area contributed by atoms with E-state index in [1.807, 2.05) is 61.6 Å². The van der Waals surface area contributed by atoms with Crippen LogP contribution in [0.15, 0.2) is 62.4 Å². The van der Waals surface area contributed by atoms with Gasteiger partial charge in [-0.25, -0.2) is 4.99 Å². The van der Waals surface area contributed by atoms with Gasteiger partial charge in [0.15, 0.2) is 6.19 Å². The van der Waals surface area contributed by atoms with Crippen molar-refractivity contribution in [3.05, 3.63) is 64.3 Å². The van der Waals surface area contributed by atoms with Gasteiger partial charge in [-0.2, -0.15) is 5.26 Å².